The minimum atomic E-state index is -0.366. The summed E-state index contributed by atoms with van der Waals surface area (Å²) < 4.78 is 1.77. The van der Waals surface area contributed by atoms with Crippen molar-refractivity contribution in [3.8, 4) is 0 Å². The van der Waals surface area contributed by atoms with Crippen LogP contribution in [0.3, 0.4) is 0 Å². The maximum atomic E-state index is 6.04. The zero-order valence-corrected chi connectivity index (χ0v) is 9.07. The van der Waals surface area contributed by atoms with Crippen LogP contribution in [-0.4, -0.2) is 19.7 Å². The zero-order valence-electron chi connectivity index (χ0n) is 8.31. The number of imidazole rings is 1. The topological polar surface area (TPSA) is 72.5 Å². The van der Waals surface area contributed by atoms with Crippen LogP contribution >= 0.6 is 11.6 Å². The fraction of sp³-hybridized carbons (Fsp3) is 0.333. The highest BCUT2D eigenvalue weighted by Gasteiger charge is 2.19. The number of aromatic nitrogens is 4. The van der Waals surface area contributed by atoms with Crippen molar-refractivity contribution in [1.82, 2.24) is 19.7 Å². The number of hydrogen-bond acceptors (Lipinski definition) is 3. The van der Waals surface area contributed by atoms with Gasteiger partial charge in [0.05, 0.1) is 16.9 Å². The van der Waals surface area contributed by atoms with Crippen molar-refractivity contribution < 1.29 is 0 Å². The Balaban J connectivity index is 2.40. The molecule has 1 atom stereocenters. The van der Waals surface area contributed by atoms with Gasteiger partial charge in [-0.2, -0.15) is 5.10 Å². The van der Waals surface area contributed by atoms with E-state index in [9.17, 15) is 0 Å². The number of nitrogens with one attached hydrogen (secondary N) is 1. The zero-order chi connectivity index (χ0) is 10.8. The SMILES string of the molecule is CCn1ncc(Cl)c1C(N)c1ncc[nH]1. The van der Waals surface area contributed by atoms with E-state index in [0.717, 1.165) is 12.2 Å². The van der Waals surface area contributed by atoms with Crippen LogP contribution in [-0.2, 0) is 6.54 Å². The van der Waals surface area contributed by atoms with Crippen molar-refractivity contribution in [2.45, 2.75) is 19.5 Å². The normalized spacial score (nSPS) is 13.0. The van der Waals surface area contributed by atoms with Crippen LogP contribution < -0.4 is 5.73 Å². The average molecular weight is 226 g/mol. The molecule has 5 nitrogen and oxygen atoms in total. The van der Waals surface area contributed by atoms with Crippen molar-refractivity contribution in [2.75, 3.05) is 0 Å². The first-order valence-corrected chi connectivity index (χ1v) is 5.08. The molecule has 2 rings (SSSR count). The van der Waals surface area contributed by atoms with Crippen LogP contribution in [0.5, 0.6) is 0 Å². The lowest BCUT2D eigenvalue weighted by molar-refractivity contribution is 0.592. The van der Waals surface area contributed by atoms with Gasteiger partial charge < -0.3 is 10.7 Å². The smallest absolute Gasteiger partial charge is 0.129 e. The Morgan fingerprint density at radius 2 is 2.47 bits per heavy atom. The fourth-order valence-electron chi connectivity index (χ4n) is 1.51. The number of halogens is 1. The Kier molecular flexibility index (Phi) is 2.75. The van der Waals surface area contributed by atoms with Crippen molar-refractivity contribution in [2.24, 2.45) is 5.73 Å². The van der Waals surface area contributed by atoms with Gasteiger partial charge >= 0.3 is 0 Å². The molecule has 6 heteroatoms. The molecule has 0 fully saturated rings. The van der Waals surface area contributed by atoms with Gasteiger partial charge in [0, 0.05) is 18.9 Å². The Labute approximate surface area is 92.3 Å². The van der Waals surface area contributed by atoms with Gasteiger partial charge in [-0.15, -0.1) is 0 Å². The second-order valence-electron chi connectivity index (χ2n) is 3.15. The van der Waals surface area contributed by atoms with Gasteiger partial charge in [-0.05, 0) is 6.92 Å². The number of nitrogens with zero attached hydrogens (tertiary/aromatic N) is 3. The summed E-state index contributed by atoms with van der Waals surface area (Å²) in [4.78, 5) is 7.08. The van der Waals surface area contributed by atoms with Crippen LogP contribution in [0.2, 0.25) is 5.02 Å². The Bertz CT molecular complexity index is 433. The average Bonchev–Trinajstić information content (AvgIpc) is 2.85. The summed E-state index contributed by atoms with van der Waals surface area (Å²) in [6, 6.07) is -0.366. The van der Waals surface area contributed by atoms with E-state index in [1.807, 2.05) is 6.92 Å². The summed E-state index contributed by atoms with van der Waals surface area (Å²) >= 11 is 6.03. The number of rotatable bonds is 3. The minimum Gasteiger partial charge on any atom is -0.347 e. The summed E-state index contributed by atoms with van der Waals surface area (Å²) in [7, 11) is 0. The number of hydrogen-bond donors (Lipinski definition) is 2. The summed E-state index contributed by atoms with van der Waals surface area (Å²) in [5.74, 6) is 0.687. The van der Waals surface area contributed by atoms with Gasteiger partial charge in [-0.1, -0.05) is 11.6 Å². The van der Waals surface area contributed by atoms with Crippen LogP contribution in [0.25, 0.3) is 0 Å². The highest BCUT2D eigenvalue weighted by molar-refractivity contribution is 6.31. The van der Waals surface area contributed by atoms with E-state index in [2.05, 4.69) is 15.1 Å². The van der Waals surface area contributed by atoms with Crippen molar-refractivity contribution in [3.63, 3.8) is 0 Å². The summed E-state index contributed by atoms with van der Waals surface area (Å²) in [5.41, 5.74) is 6.83. The van der Waals surface area contributed by atoms with Gasteiger partial charge in [0.2, 0.25) is 0 Å². The van der Waals surface area contributed by atoms with Crippen LogP contribution in [0, 0.1) is 0 Å². The first-order chi connectivity index (χ1) is 7.24. The molecule has 0 radical (unpaired) electrons. The maximum Gasteiger partial charge on any atom is 0.129 e. The number of nitrogens with two attached hydrogens (primary N) is 1. The summed E-state index contributed by atoms with van der Waals surface area (Å²) in [5, 5.41) is 4.70. The number of aromatic amines is 1. The van der Waals surface area contributed by atoms with Gasteiger partial charge in [0.1, 0.15) is 11.9 Å². The standard InChI is InChI=1S/C9H12ClN5/c1-2-15-8(6(10)5-14-15)7(11)9-12-3-4-13-9/h3-5,7H,2,11H2,1H3,(H,12,13). The molecule has 0 aliphatic carbocycles. The predicted molar refractivity (Wildman–Crippen MR) is 57.5 cm³/mol. The summed E-state index contributed by atoms with van der Waals surface area (Å²) in [6.45, 7) is 2.72. The van der Waals surface area contributed by atoms with E-state index in [1.165, 1.54) is 0 Å². The largest absolute Gasteiger partial charge is 0.347 e. The molecule has 3 N–H and O–H groups in total. The molecule has 15 heavy (non-hydrogen) atoms. The third-order valence-electron chi connectivity index (χ3n) is 2.24. The third-order valence-corrected chi connectivity index (χ3v) is 2.53. The van der Waals surface area contributed by atoms with Crippen LogP contribution in [0.4, 0.5) is 0 Å². The van der Waals surface area contributed by atoms with E-state index in [1.54, 1.807) is 23.3 Å². The highest BCUT2D eigenvalue weighted by atomic mass is 35.5. The van der Waals surface area contributed by atoms with Gasteiger partial charge in [0.15, 0.2) is 0 Å². The molecule has 2 aromatic heterocycles. The summed E-state index contributed by atoms with van der Waals surface area (Å²) in [6.07, 6.45) is 4.99. The van der Waals surface area contributed by atoms with Crippen molar-refractivity contribution in [3.05, 3.63) is 35.1 Å². The van der Waals surface area contributed by atoms with Crippen LogP contribution in [0.15, 0.2) is 18.6 Å². The molecular weight excluding hydrogens is 214 g/mol. The molecule has 0 aliphatic rings. The predicted octanol–water partition coefficient (Wildman–Crippen LogP) is 1.33. The maximum absolute atomic E-state index is 6.04. The molecule has 0 saturated carbocycles. The Morgan fingerprint density at radius 1 is 1.67 bits per heavy atom. The molecule has 0 aromatic carbocycles. The molecule has 2 heterocycles. The quantitative estimate of drug-likeness (QED) is 0.828. The number of aryl methyl sites for hydroxylation is 1. The minimum absolute atomic E-state index is 0.366. The first-order valence-electron chi connectivity index (χ1n) is 4.70. The van der Waals surface area contributed by atoms with E-state index in [4.69, 9.17) is 17.3 Å². The Hall–Kier alpha value is -1.33. The van der Waals surface area contributed by atoms with E-state index >= 15 is 0 Å². The lowest BCUT2D eigenvalue weighted by Gasteiger charge is -2.11. The highest BCUT2D eigenvalue weighted by Crippen LogP contribution is 2.24. The second-order valence-corrected chi connectivity index (χ2v) is 3.55. The molecule has 0 saturated heterocycles. The molecule has 1 unspecified atom stereocenters. The first kappa shape index (κ1) is 10.2. The van der Waals surface area contributed by atoms with Crippen molar-refractivity contribution in [1.29, 1.82) is 0 Å². The van der Waals surface area contributed by atoms with Crippen LogP contribution in [0.1, 0.15) is 24.5 Å². The lowest BCUT2D eigenvalue weighted by Crippen LogP contribution is -2.18. The second kappa shape index (κ2) is 4.04. The van der Waals surface area contributed by atoms with Gasteiger partial charge in [0.25, 0.3) is 0 Å². The Morgan fingerprint density at radius 3 is 3.07 bits per heavy atom. The van der Waals surface area contributed by atoms with E-state index in [-0.39, 0.29) is 6.04 Å². The van der Waals surface area contributed by atoms with Gasteiger partial charge in [-0.25, -0.2) is 4.98 Å². The lowest BCUT2D eigenvalue weighted by atomic mass is 10.2. The molecule has 0 aliphatic heterocycles. The fourth-order valence-corrected chi connectivity index (χ4v) is 1.77. The number of H-pyrrole nitrogens is 1. The monoisotopic (exact) mass is 225 g/mol. The third kappa shape index (κ3) is 1.75. The molecule has 0 spiro atoms. The molecule has 2 aromatic rings. The van der Waals surface area contributed by atoms with E-state index < -0.39 is 0 Å². The molecular formula is C9H12ClN5. The molecule has 80 valence electrons. The van der Waals surface area contributed by atoms with Crippen molar-refractivity contribution >= 4 is 11.6 Å². The molecule has 0 amide bonds. The van der Waals surface area contributed by atoms with E-state index in [0.29, 0.717) is 10.8 Å². The molecule has 0 bridgehead atoms. The van der Waals surface area contributed by atoms with Gasteiger partial charge in [-0.3, -0.25) is 4.68 Å².